The average Bonchev–Trinajstić information content (AvgIpc) is 2.81. The van der Waals surface area contributed by atoms with E-state index in [2.05, 4.69) is 19.2 Å². The van der Waals surface area contributed by atoms with Crippen molar-refractivity contribution in [2.45, 2.75) is 72.3 Å². The second-order valence-corrected chi connectivity index (χ2v) is 9.84. The molecule has 8 heteroatoms. The van der Waals surface area contributed by atoms with Gasteiger partial charge in [0.15, 0.2) is 11.5 Å². The Kier molecular flexibility index (Phi) is 14.8. The summed E-state index contributed by atoms with van der Waals surface area (Å²) in [5, 5.41) is 13.0. The number of carbonyl (C=O) groups is 1. The molecule has 3 atom stereocenters. The van der Waals surface area contributed by atoms with Gasteiger partial charge in [0, 0.05) is 26.1 Å². The second kappa shape index (κ2) is 16.7. The van der Waals surface area contributed by atoms with Gasteiger partial charge in [-0.3, -0.25) is 4.79 Å². The number of aliphatic hydroxyl groups is 1. The van der Waals surface area contributed by atoms with Crippen LogP contribution in [0.2, 0.25) is 0 Å². The van der Waals surface area contributed by atoms with Crippen LogP contribution in [-0.4, -0.2) is 57.5 Å². The van der Waals surface area contributed by atoms with Crippen molar-refractivity contribution >= 4 is 5.91 Å². The van der Waals surface area contributed by atoms with Crippen molar-refractivity contribution in [1.29, 1.82) is 0 Å². The van der Waals surface area contributed by atoms with Crippen LogP contribution in [0.5, 0.6) is 11.5 Å². The zero-order valence-electron chi connectivity index (χ0n) is 22.2. The fourth-order valence-corrected chi connectivity index (χ4v) is 4.13. The van der Waals surface area contributed by atoms with Crippen LogP contribution in [0, 0.1) is 23.7 Å². The molecule has 6 nitrogen and oxygen atoms in total. The Morgan fingerprint density at radius 2 is 1.74 bits per heavy atom. The molecule has 1 aromatic carbocycles. The first-order chi connectivity index (χ1) is 16.6. The molecule has 0 spiro atoms. The minimum atomic E-state index is -2.59. The van der Waals surface area contributed by atoms with Crippen molar-refractivity contribution in [2.24, 2.45) is 23.7 Å². The summed E-state index contributed by atoms with van der Waals surface area (Å²) in [5.41, 5.74) is 1.13. The molecule has 1 rings (SSSR count). The van der Waals surface area contributed by atoms with E-state index >= 15 is 0 Å². The van der Waals surface area contributed by atoms with Gasteiger partial charge in [0.2, 0.25) is 5.91 Å². The molecule has 0 fully saturated rings. The van der Waals surface area contributed by atoms with E-state index in [-0.39, 0.29) is 12.3 Å². The normalized spacial score (nSPS) is 14.3. The van der Waals surface area contributed by atoms with Gasteiger partial charge < -0.3 is 24.6 Å². The monoisotopic (exact) mass is 501 g/mol. The highest BCUT2D eigenvalue weighted by molar-refractivity contribution is 5.78. The lowest BCUT2D eigenvalue weighted by atomic mass is 9.82. The maximum atomic E-state index is 12.5. The van der Waals surface area contributed by atoms with E-state index in [1.165, 1.54) is 0 Å². The largest absolute Gasteiger partial charge is 0.493 e. The van der Waals surface area contributed by atoms with Crippen molar-refractivity contribution in [2.75, 3.05) is 34.0 Å². The smallest absolute Gasteiger partial charge is 0.255 e. The Hall–Kier alpha value is -1.93. The molecule has 0 heterocycles. The highest BCUT2D eigenvalue weighted by atomic mass is 19.3. The molecule has 202 valence electrons. The van der Waals surface area contributed by atoms with Crippen LogP contribution in [0.4, 0.5) is 8.78 Å². The van der Waals surface area contributed by atoms with E-state index in [0.29, 0.717) is 43.0 Å². The standard InChI is InChI=1S/C27H45F2NO5/c1-18(2)21(9-10-22(31)16-23(19(3)4)27(32)30-17-26(28)29)14-20-8-11-24(34-6)25(15-20)35-13-7-12-33-5/h8,11,15,18-19,21-23,26,31H,7,9-10,12-14,16-17H2,1-6H3,(H,30,32)/t21?,22-,23?/m1/s1. The number of hydrogen-bond donors (Lipinski definition) is 2. The number of ether oxygens (including phenoxy) is 3. The lowest BCUT2D eigenvalue weighted by molar-refractivity contribution is -0.128. The van der Waals surface area contributed by atoms with Crippen molar-refractivity contribution in [1.82, 2.24) is 5.32 Å². The van der Waals surface area contributed by atoms with Gasteiger partial charge in [-0.1, -0.05) is 33.8 Å². The third-order valence-corrected chi connectivity index (χ3v) is 6.39. The quantitative estimate of drug-likeness (QED) is 0.273. The van der Waals surface area contributed by atoms with Gasteiger partial charge in [-0.25, -0.2) is 8.78 Å². The zero-order valence-corrected chi connectivity index (χ0v) is 22.2. The van der Waals surface area contributed by atoms with Crippen molar-refractivity contribution in [3.05, 3.63) is 23.8 Å². The molecular formula is C27H45F2NO5. The number of rotatable bonds is 18. The highest BCUT2D eigenvalue weighted by Crippen LogP contribution is 2.32. The van der Waals surface area contributed by atoms with Gasteiger partial charge in [-0.05, 0) is 61.1 Å². The Morgan fingerprint density at radius 1 is 1.03 bits per heavy atom. The first kappa shape index (κ1) is 31.1. The molecule has 1 aromatic rings. The number of halogens is 2. The van der Waals surface area contributed by atoms with Crippen LogP contribution >= 0.6 is 0 Å². The molecule has 1 amide bonds. The summed E-state index contributed by atoms with van der Waals surface area (Å²) in [6.07, 6.45) is -0.0452. The predicted molar refractivity (Wildman–Crippen MR) is 134 cm³/mol. The van der Waals surface area contributed by atoms with Crippen molar-refractivity contribution in [3.8, 4) is 11.5 Å². The first-order valence-electron chi connectivity index (χ1n) is 12.6. The molecule has 0 saturated carbocycles. The van der Waals surface area contributed by atoms with Crippen LogP contribution in [0.3, 0.4) is 0 Å². The van der Waals surface area contributed by atoms with Crippen LogP contribution in [0.15, 0.2) is 18.2 Å². The Morgan fingerprint density at radius 3 is 2.31 bits per heavy atom. The molecule has 0 radical (unpaired) electrons. The lowest BCUT2D eigenvalue weighted by Gasteiger charge is -2.26. The van der Waals surface area contributed by atoms with Crippen LogP contribution in [-0.2, 0) is 16.0 Å². The summed E-state index contributed by atoms with van der Waals surface area (Å²) in [4.78, 5) is 12.3. The molecule has 0 bridgehead atoms. The van der Waals surface area contributed by atoms with Gasteiger partial charge in [-0.15, -0.1) is 0 Å². The molecule has 0 saturated heterocycles. The molecule has 0 aliphatic carbocycles. The number of aliphatic hydroxyl groups excluding tert-OH is 1. The van der Waals surface area contributed by atoms with Gasteiger partial charge >= 0.3 is 0 Å². The van der Waals surface area contributed by atoms with Crippen LogP contribution in [0.1, 0.15) is 58.9 Å². The maximum Gasteiger partial charge on any atom is 0.255 e. The molecule has 35 heavy (non-hydrogen) atoms. The third-order valence-electron chi connectivity index (χ3n) is 6.39. The fraction of sp³-hybridized carbons (Fsp3) is 0.741. The Labute approximate surface area is 209 Å². The Bertz CT molecular complexity index is 730. The Balaban J connectivity index is 2.74. The van der Waals surface area contributed by atoms with E-state index < -0.39 is 30.9 Å². The summed E-state index contributed by atoms with van der Waals surface area (Å²) < 4.78 is 41.3. The van der Waals surface area contributed by atoms with Crippen molar-refractivity contribution < 1.29 is 32.9 Å². The highest BCUT2D eigenvalue weighted by Gasteiger charge is 2.26. The molecule has 0 aliphatic heterocycles. The number of amides is 1. The van der Waals surface area contributed by atoms with E-state index in [1.807, 2.05) is 32.0 Å². The molecular weight excluding hydrogens is 456 g/mol. The molecule has 2 N–H and O–H groups in total. The number of alkyl halides is 2. The zero-order chi connectivity index (χ0) is 26.4. The first-order valence-corrected chi connectivity index (χ1v) is 12.6. The van der Waals surface area contributed by atoms with Crippen LogP contribution < -0.4 is 14.8 Å². The van der Waals surface area contributed by atoms with Gasteiger partial charge in [-0.2, -0.15) is 0 Å². The minimum Gasteiger partial charge on any atom is -0.493 e. The van der Waals surface area contributed by atoms with Crippen LogP contribution in [0.25, 0.3) is 0 Å². The number of methoxy groups -OCH3 is 2. The van der Waals surface area contributed by atoms with E-state index in [9.17, 15) is 18.7 Å². The number of benzene rings is 1. The molecule has 0 aliphatic rings. The number of hydrogen-bond acceptors (Lipinski definition) is 5. The van der Waals surface area contributed by atoms with E-state index in [1.54, 1.807) is 14.2 Å². The predicted octanol–water partition coefficient (Wildman–Crippen LogP) is 5.11. The third kappa shape index (κ3) is 12.0. The van der Waals surface area contributed by atoms with Gasteiger partial charge in [0.05, 0.1) is 26.4 Å². The maximum absolute atomic E-state index is 12.5. The SMILES string of the molecule is COCCCOc1cc(CC(CC[C@@H](O)CC(C(=O)NCC(F)F)C(C)C)C(C)C)ccc1OC. The summed E-state index contributed by atoms with van der Waals surface area (Å²) in [5.74, 6) is 1.14. The average molecular weight is 502 g/mol. The summed E-state index contributed by atoms with van der Waals surface area (Å²) >= 11 is 0. The van der Waals surface area contributed by atoms with Crippen molar-refractivity contribution in [3.63, 3.8) is 0 Å². The second-order valence-electron chi connectivity index (χ2n) is 9.84. The minimum absolute atomic E-state index is 0.0511. The number of carbonyl (C=O) groups excluding carboxylic acids is 1. The molecule has 0 aromatic heterocycles. The topological polar surface area (TPSA) is 77.0 Å². The summed E-state index contributed by atoms with van der Waals surface area (Å²) in [7, 11) is 3.28. The fourth-order valence-electron chi connectivity index (χ4n) is 4.13. The van der Waals surface area contributed by atoms with Gasteiger partial charge in [0.25, 0.3) is 6.43 Å². The summed E-state index contributed by atoms with van der Waals surface area (Å²) in [6.45, 7) is 8.58. The molecule has 2 unspecified atom stereocenters. The van der Waals surface area contributed by atoms with E-state index in [0.717, 1.165) is 24.8 Å². The number of nitrogens with one attached hydrogen (secondary N) is 1. The van der Waals surface area contributed by atoms with Gasteiger partial charge in [0.1, 0.15) is 0 Å². The lowest BCUT2D eigenvalue weighted by Crippen LogP contribution is -2.38. The van der Waals surface area contributed by atoms with E-state index in [4.69, 9.17) is 14.2 Å². The summed E-state index contributed by atoms with van der Waals surface area (Å²) in [6, 6.07) is 5.97.